The lowest BCUT2D eigenvalue weighted by atomic mass is 9.96. The van der Waals surface area contributed by atoms with Gasteiger partial charge in [0.2, 0.25) is 0 Å². The molecule has 0 unspecified atom stereocenters. The van der Waals surface area contributed by atoms with Crippen LogP contribution in [0.25, 0.3) is 6.08 Å². The summed E-state index contributed by atoms with van der Waals surface area (Å²) in [7, 11) is 1.58. The van der Waals surface area contributed by atoms with E-state index in [0.29, 0.717) is 38.7 Å². The van der Waals surface area contributed by atoms with E-state index >= 15 is 0 Å². The number of carbonyl (C=O) groups excluding carboxylic acids is 1. The van der Waals surface area contributed by atoms with Crippen LogP contribution in [0.5, 0.6) is 11.5 Å². The van der Waals surface area contributed by atoms with Gasteiger partial charge in [0, 0.05) is 0 Å². The van der Waals surface area contributed by atoms with E-state index in [9.17, 15) is 9.59 Å². The van der Waals surface area contributed by atoms with Gasteiger partial charge in [-0.05, 0) is 48.4 Å². The molecule has 0 N–H and O–H groups in total. The zero-order valence-corrected chi connectivity index (χ0v) is 20.9. The summed E-state index contributed by atoms with van der Waals surface area (Å²) in [4.78, 5) is 31.8. The maximum absolute atomic E-state index is 13.7. The van der Waals surface area contributed by atoms with Crippen molar-refractivity contribution >= 4 is 23.4 Å². The van der Waals surface area contributed by atoms with Gasteiger partial charge in [-0.25, -0.2) is 9.79 Å². The summed E-state index contributed by atoms with van der Waals surface area (Å²) < 4.78 is 18.2. The highest BCUT2D eigenvalue weighted by molar-refractivity contribution is 7.07. The van der Waals surface area contributed by atoms with Crippen LogP contribution in [0.1, 0.15) is 24.1 Å². The average molecular weight is 503 g/mol. The van der Waals surface area contributed by atoms with E-state index in [0.717, 1.165) is 11.1 Å². The third-order valence-corrected chi connectivity index (χ3v) is 6.53. The first-order valence-corrected chi connectivity index (χ1v) is 12.1. The smallest absolute Gasteiger partial charge is 0.338 e. The van der Waals surface area contributed by atoms with Gasteiger partial charge < -0.3 is 14.2 Å². The number of aromatic nitrogens is 1. The second-order valence-corrected chi connectivity index (χ2v) is 8.92. The summed E-state index contributed by atoms with van der Waals surface area (Å²) in [6, 6.07) is 14.0. The molecule has 3 aromatic rings. The highest BCUT2D eigenvalue weighted by Crippen LogP contribution is 2.31. The van der Waals surface area contributed by atoms with Gasteiger partial charge in [0.05, 0.1) is 29.0 Å². The maximum Gasteiger partial charge on any atom is 0.338 e. The molecule has 184 valence electrons. The molecule has 2 heterocycles. The fourth-order valence-electron chi connectivity index (χ4n) is 3.86. The van der Waals surface area contributed by atoms with E-state index in [4.69, 9.17) is 14.2 Å². The normalized spacial score (nSPS) is 15.1. The molecule has 36 heavy (non-hydrogen) atoms. The minimum absolute atomic E-state index is 0.0574. The minimum Gasteiger partial charge on any atom is -0.497 e. The summed E-state index contributed by atoms with van der Waals surface area (Å²) in [5, 5.41) is 0. The minimum atomic E-state index is -0.693. The number of rotatable bonds is 9. The van der Waals surface area contributed by atoms with Crippen molar-refractivity contribution in [2.24, 2.45) is 4.99 Å². The lowest BCUT2D eigenvalue weighted by Crippen LogP contribution is -2.39. The van der Waals surface area contributed by atoms with Gasteiger partial charge in [0.1, 0.15) is 24.7 Å². The quantitative estimate of drug-likeness (QED) is 0.330. The fraction of sp³-hybridized carbons (Fsp3) is 0.179. The van der Waals surface area contributed by atoms with Gasteiger partial charge >= 0.3 is 5.97 Å². The van der Waals surface area contributed by atoms with Crippen LogP contribution in [-0.4, -0.2) is 30.9 Å². The van der Waals surface area contributed by atoms with E-state index in [-0.39, 0.29) is 12.2 Å². The molecule has 4 rings (SSSR count). The van der Waals surface area contributed by atoms with Gasteiger partial charge in [-0.1, -0.05) is 60.9 Å². The highest BCUT2D eigenvalue weighted by Gasteiger charge is 2.33. The number of nitrogens with zero attached hydrogens (tertiary/aromatic N) is 2. The Bertz CT molecular complexity index is 1500. The summed E-state index contributed by atoms with van der Waals surface area (Å²) >= 11 is 1.27. The Morgan fingerprint density at radius 3 is 2.36 bits per heavy atom. The number of thiazole rings is 1. The van der Waals surface area contributed by atoms with E-state index in [2.05, 4.69) is 18.2 Å². The molecule has 1 atom stereocenters. The topological polar surface area (TPSA) is 79.1 Å². The molecule has 0 bridgehead atoms. The van der Waals surface area contributed by atoms with Crippen molar-refractivity contribution in [1.82, 2.24) is 4.57 Å². The lowest BCUT2D eigenvalue weighted by Gasteiger charge is -2.24. The monoisotopic (exact) mass is 502 g/mol. The van der Waals surface area contributed by atoms with Crippen molar-refractivity contribution in [2.45, 2.75) is 13.0 Å². The molecule has 0 spiro atoms. The largest absolute Gasteiger partial charge is 0.497 e. The Kier molecular flexibility index (Phi) is 7.65. The maximum atomic E-state index is 13.7. The summed E-state index contributed by atoms with van der Waals surface area (Å²) in [6.07, 6.45) is 4.98. The summed E-state index contributed by atoms with van der Waals surface area (Å²) in [5.74, 6) is 0.843. The fourth-order valence-corrected chi connectivity index (χ4v) is 4.91. The molecule has 1 aromatic heterocycles. The van der Waals surface area contributed by atoms with E-state index in [1.54, 1.807) is 42.9 Å². The molecule has 1 aliphatic rings. The van der Waals surface area contributed by atoms with Crippen molar-refractivity contribution in [1.29, 1.82) is 0 Å². The van der Waals surface area contributed by atoms with Crippen LogP contribution < -0.4 is 24.4 Å². The van der Waals surface area contributed by atoms with Crippen LogP contribution in [0, 0.1) is 0 Å². The van der Waals surface area contributed by atoms with E-state index in [1.807, 2.05) is 36.4 Å². The van der Waals surface area contributed by atoms with Gasteiger partial charge in [-0.15, -0.1) is 0 Å². The van der Waals surface area contributed by atoms with Gasteiger partial charge in [-0.2, -0.15) is 0 Å². The van der Waals surface area contributed by atoms with Crippen molar-refractivity contribution in [3.8, 4) is 11.5 Å². The zero-order valence-electron chi connectivity index (χ0n) is 20.1. The molecule has 8 heteroatoms. The van der Waals surface area contributed by atoms with Crippen LogP contribution >= 0.6 is 11.3 Å². The van der Waals surface area contributed by atoms with Crippen LogP contribution in [0.3, 0.4) is 0 Å². The van der Waals surface area contributed by atoms with Crippen molar-refractivity contribution < 1.29 is 19.0 Å². The average Bonchev–Trinajstić information content (AvgIpc) is 3.20. The second kappa shape index (κ2) is 11.0. The lowest BCUT2D eigenvalue weighted by molar-refractivity contribution is -0.138. The SMILES string of the molecule is C=CCOC(=O)C1=C(C)N=c2s/c(=C\c3ccc(OCC=C)cc3)c(=O)n2[C@H]1c1ccc(OC)cc1. The number of fused-ring (bicyclic) bond motifs is 1. The standard InChI is InChI=1S/C28H26N2O5S/c1-5-15-34-22-11-7-19(8-12-22)17-23-26(31)30-25(20-9-13-21(33-4)14-10-20)24(27(32)35-16-6-2)18(3)29-28(30)36-23/h5-14,17,25H,1-2,15-16H2,3-4H3/b23-17-/t25-/m0/s1. The first-order chi connectivity index (χ1) is 17.5. The number of hydrogen-bond acceptors (Lipinski definition) is 7. The molecular weight excluding hydrogens is 476 g/mol. The summed E-state index contributed by atoms with van der Waals surface area (Å²) in [6.45, 7) is 9.47. The van der Waals surface area contributed by atoms with Crippen LogP contribution in [0.15, 0.2) is 94.9 Å². The van der Waals surface area contributed by atoms with Crippen molar-refractivity contribution in [3.63, 3.8) is 0 Å². The Hall–Kier alpha value is -4.17. The van der Waals surface area contributed by atoms with E-state index in [1.165, 1.54) is 17.4 Å². The molecule has 0 amide bonds. The Labute approximate surface area is 212 Å². The first-order valence-electron chi connectivity index (χ1n) is 11.2. The molecule has 7 nitrogen and oxygen atoms in total. The molecule has 1 aliphatic heterocycles. The van der Waals surface area contributed by atoms with Crippen LogP contribution in [0.4, 0.5) is 0 Å². The molecule has 0 saturated carbocycles. The van der Waals surface area contributed by atoms with Crippen LogP contribution in [-0.2, 0) is 9.53 Å². The third-order valence-electron chi connectivity index (χ3n) is 5.55. The highest BCUT2D eigenvalue weighted by atomic mass is 32.1. The van der Waals surface area contributed by atoms with Gasteiger partial charge in [-0.3, -0.25) is 9.36 Å². The number of esters is 1. The number of hydrogen-bond donors (Lipinski definition) is 0. The predicted molar refractivity (Wildman–Crippen MR) is 140 cm³/mol. The Morgan fingerprint density at radius 2 is 1.72 bits per heavy atom. The summed E-state index contributed by atoms with van der Waals surface area (Å²) in [5.41, 5.74) is 2.15. The molecule has 0 radical (unpaired) electrons. The molecule has 2 aromatic carbocycles. The van der Waals surface area contributed by atoms with E-state index < -0.39 is 12.0 Å². The number of carbonyl (C=O) groups is 1. The van der Waals surface area contributed by atoms with Gasteiger partial charge in [0.25, 0.3) is 5.56 Å². The van der Waals surface area contributed by atoms with Crippen LogP contribution in [0.2, 0.25) is 0 Å². The second-order valence-electron chi connectivity index (χ2n) is 7.91. The van der Waals surface area contributed by atoms with Crippen molar-refractivity contribution in [3.05, 3.63) is 116 Å². The molecule has 0 saturated heterocycles. The Balaban J connectivity index is 1.83. The third kappa shape index (κ3) is 5.08. The predicted octanol–water partition coefficient (Wildman–Crippen LogP) is 3.54. The zero-order chi connectivity index (χ0) is 25.7. The molecule has 0 aliphatic carbocycles. The molecule has 0 fully saturated rings. The number of methoxy groups -OCH3 is 1. The molecular formula is C28H26N2O5S. The number of ether oxygens (including phenoxy) is 3. The first kappa shape index (κ1) is 24.9. The number of allylic oxidation sites excluding steroid dienone is 1. The van der Waals surface area contributed by atoms with Gasteiger partial charge in [0.15, 0.2) is 4.80 Å². The van der Waals surface area contributed by atoms with Crippen molar-refractivity contribution in [2.75, 3.05) is 20.3 Å². The Morgan fingerprint density at radius 1 is 1.06 bits per heavy atom. The number of benzene rings is 2.